The van der Waals surface area contributed by atoms with Gasteiger partial charge in [0.15, 0.2) is 0 Å². The largest absolute Gasteiger partial charge is 0.480 e. The van der Waals surface area contributed by atoms with Gasteiger partial charge in [0.1, 0.15) is 0 Å². The summed E-state index contributed by atoms with van der Waals surface area (Å²) >= 11 is 1.79. The summed E-state index contributed by atoms with van der Waals surface area (Å²) in [5, 5.41) is 11.7. The molecular formula is C21H28N2O2S. The first kappa shape index (κ1) is 20.5. The number of hydrogen-bond acceptors (Lipinski definition) is 4. The average molecular weight is 373 g/mol. The molecule has 4 nitrogen and oxygen atoms in total. The normalized spacial score (nSPS) is 15.2. The van der Waals surface area contributed by atoms with Crippen LogP contribution in [0.5, 0.6) is 0 Å². The van der Waals surface area contributed by atoms with E-state index in [0.717, 1.165) is 25.9 Å². The van der Waals surface area contributed by atoms with Crippen LogP contribution >= 0.6 is 11.9 Å². The van der Waals surface area contributed by atoms with Crippen LogP contribution in [0.15, 0.2) is 59.5 Å². The molecule has 0 unspecified atom stereocenters. The monoisotopic (exact) mass is 372 g/mol. The second-order valence-electron chi connectivity index (χ2n) is 6.54. The van der Waals surface area contributed by atoms with E-state index in [2.05, 4.69) is 59.9 Å². The summed E-state index contributed by atoms with van der Waals surface area (Å²) in [7, 11) is 0. The van der Waals surface area contributed by atoms with Gasteiger partial charge in [0.25, 0.3) is 0 Å². The molecule has 0 atom stereocenters. The third kappa shape index (κ3) is 8.04. The fraction of sp³-hybridized carbons (Fsp3) is 0.381. The van der Waals surface area contributed by atoms with Crippen LogP contribution in [0.3, 0.4) is 0 Å². The van der Waals surface area contributed by atoms with Gasteiger partial charge in [0.2, 0.25) is 0 Å². The Balaban J connectivity index is 0.000000290. The summed E-state index contributed by atoms with van der Waals surface area (Å²) in [6.45, 7) is 6.23. The van der Waals surface area contributed by atoms with Gasteiger partial charge in [0.05, 0.1) is 6.54 Å². The molecule has 0 aromatic heterocycles. The number of carboxylic acids is 1. The van der Waals surface area contributed by atoms with Gasteiger partial charge in [-0.25, -0.2) is 4.31 Å². The van der Waals surface area contributed by atoms with Crippen LogP contribution in [-0.4, -0.2) is 41.1 Å². The van der Waals surface area contributed by atoms with Gasteiger partial charge in [-0.3, -0.25) is 4.79 Å². The number of aliphatic carboxylic acids is 1. The van der Waals surface area contributed by atoms with E-state index < -0.39 is 5.97 Å². The number of rotatable bonds is 5. The van der Waals surface area contributed by atoms with Crippen LogP contribution in [0.4, 0.5) is 0 Å². The minimum absolute atomic E-state index is 0.0652. The highest BCUT2D eigenvalue weighted by atomic mass is 32.2. The number of nitrogens with one attached hydrogen (secondary N) is 1. The van der Waals surface area contributed by atoms with E-state index in [0.29, 0.717) is 6.04 Å². The number of carboxylic acid groups (broad SMARTS) is 1. The smallest absolute Gasteiger partial charge is 0.317 e. The minimum Gasteiger partial charge on any atom is -0.480 e. The molecule has 2 aromatic carbocycles. The molecule has 5 heteroatoms. The fourth-order valence-electron chi connectivity index (χ4n) is 2.67. The molecule has 1 aliphatic heterocycles. The summed E-state index contributed by atoms with van der Waals surface area (Å²) < 4.78 is 2.35. The van der Waals surface area contributed by atoms with Gasteiger partial charge in [-0.1, -0.05) is 53.6 Å². The quantitative estimate of drug-likeness (QED) is 0.773. The Morgan fingerprint density at radius 2 is 1.62 bits per heavy atom. The van der Waals surface area contributed by atoms with Crippen LogP contribution in [0.2, 0.25) is 0 Å². The lowest BCUT2D eigenvalue weighted by Gasteiger charge is -2.31. The maximum Gasteiger partial charge on any atom is 0.317 e. The topological polar surface area (TPSA) is 52.6 Å². The van der Waals surface area contributed by atoms with Crippen molar-refractivity contribution in [1.82, 2.24) is 9.62 Å². The van der Waals surface area contributed by atoms with E-state index in [1.807, 2.05) is 18.2 Å². The van der Waals surface area contributed by atoms with Gasteiger partial charge in [-0.2, -0.15) is 0 Å². The van der Waals surface area contributed by atoms with Gasteiger partial charge in [-0.05, 0) is 50.8 Å². The number of nitrogens with zero attached hydrogens (tertiary/aromatic N) is 1. The lowest BCUT2D eigenvalue weighted by atomic mass is 10.1. The zero-order valence-electron chi connectivity index (χ0n) is 15.5. The summed E-state index contributed by atoms with van der Waals surface area (Å²) in [5.74, 6) is -0.781. The SMILES string of the molecule is Cc1ccc(SN2CCC(NCC(=O)O)CC2)cc1.Cc1ccccc1. The van der Waals surface area contributed by atoms with Crippen molar-refractivity contribution in [3.8, 4) is 0 Å². The third-order valence-electron chi connectivity index (χ3n) is 4.19. The highest BCUT2D eigenvalue weighted by Gasteiger charge is 2.19. The highest BCUT2D eigenvalue weighted by molar-refractivity contribution is 7.97. The highest BCUT2D eigenvalue weighted by Crippen LogP contribution is 2.26. The zero-order valence-corrected chi connectivity index (χ0v) is 16.3. The molecule has 1 aliphatic rings. The van der Waals surface area contributed by atoms with E-state index in [1.54, 1.807) is 11.9 Å². The predicted octanol–water partition coefficient (Wildman–Crippen LogP) is 4.14. The second kappa shape index (κ2) is 11.0. The molecule has 3 rings (SSSR count). The lowest BCUT2D eigenvalue weighted by molar-refractivity contribution is -0.136. The van der Waals surface area contributed by atoms with Crippen LogP contribution in [-0.2, 0) is 4.79 Å². The van der Waals surface area contributed by atoms with E-state index in [-0.39, 0.29) is 6.54 Å². The second-order valence-corrected chi connectivity index (χ2v) is 7.71. The molecule has 1 heterocycles. The van der Waals surface area contributed by atoms with Gasteiger partial charge >= 0.3 is 5.97 Å². The molecule has 0 bridgehead atoms. The Bertz CT molecular complexity index is 653. The van der Waals surface area contributed by atoms with Crippen molar-refractivity contribution in [3.05, 3.63) is 65.7 Å². The van der Waals surface area contributed by atoms with E-state index in [4.69, 9.17) is 5.11 Å². The molecule has 2 N–H and O–H groups in total. The van der Waals surface area contributed by atoms with Gasteiger partial charge in [0, 0.05) is 24.0 Å². The number of hydrogen-bond donors (Lipinski definition) is 2. The van der Waals surface area contributed by atoms with Crippen molar-refractivity contribution in [1.29, 1.82) is 0 Å². The van der Waals surface area contributed by atoms with Crippen LogP contribution in [0, 0.1) is 13.8 Å². The number of carbonyl (C=O) groups is 1. The molecule has 0 amide bonds. The first-order valence-electron chi connectivity index (χ1n) is 8.99. The molecule has 26 heavy (non-hydrogen) atoms. The van der Waals surface area contributed by atoms with Crippen molar-refractivity contribution in [3.63, 3.8) is 0 Å². The third-order valence-corrected chi connectivity index (χ3v) is 5.30. The van der Waals surface area contributed by atoms with Gasteiger partial charge < -0.3 is 10.4 Å². The van der Waals surface area contributed by atoms with Crippen LogP contribution in [0.25, 0.3) is 0 Å². The molecule has 1 saturated heterocycles. The van der Waals surface area contributed by atoms with Crippen molar-refractivity contribution in [2.24, 2.45) is 0 Å². The Kier molecular flexibility index (Phi) is 8.68. The van der Waals surface area contributed by atoms with Crippen molar-refractivity contribution < 1.29 is 9.90 Å². The van der Waals surface area contributed by atoms with E-state index >= 15 is 0 Å². The molecule has 140 valence electrons. The molecule has 0 radical (unpaired) electrons. The standard InChI is InChI=1S/C14H20N2O2S.C7H8/c1-11-2-4-13(5-3-11)19-16-8-6-12(7-9-16)15-10-14(17)18;1-7-5-3-2-4-6-7/h2-5,12,15H,6-10H2,1H3,(H,17,18);2-6H,1H3. The fourth-order valence-corrected chi connectivity index (χ4v) is 3.61. The number of benzene rings is 2. The lowest BCUT2D eigenvalue weighted by Crippen LogP contribution is -2.41. The summed E-state index contributed by atoms with van der Waals surface area (Å²) in [5.41, 5.74) is 2.60. The number of aryl methyl sites for hydroxylation is 2. The molecular weight excluding hydrogens is 344 g/mol. The van der Waals surface area contributed by atoms with Crippen LogP contribution < -0.4 is 5.32 Å². The van der Waals surface area contributed by atoms with E-state index in [9.17, 15) is 4.79 Å². The maximum absolute atomic E-state index is 10.5. The van der Waals surface area contributed by atoms with Crippen LogP contribution in [0.1, 0.15) is 24.0 Å². The van der Waals surface area contributed by atoms with Crippen molar-refractivity contribution >= 4 is 17.9 Å². The Morgan fingerprint density at radius 1 is 1.04 bits per heavy atom. The van der Waals surface area contributed by atoms with E-state index in [1.165, 1.54) is 16.0 Å². The Morgan fingerprint density at radius 3 is 2.12 bits per heavy atom. The summed E-state index contributed by atoms with van der Waals surface area (Å²) in [6, 6.07) is 19.2. The maximum atomic E-state index is 10.5. The minimum atomic E-state index is -0.781. The molecule has 0 saturated carbocycles. The predicted molar refractivity (Wildman–Crippen MR) is 108 cm³/mol. The number of piperidine rings is 1. The summed E-state index contributed by atoms with van der Waals surface area (Å²) in [6.07, 6.45) is 2.01. The molecule has 2 aromatic rings. The molecule has 0 spiro atoms. The summed E-state index contributed by atoms with van der Waals surface area (Å²) in [4.78, 5) is 11.8. The Hall–Kier alpha value is -1.82. The van der Waals surface area contributed by atoms with Crippen molar-refractivity contribution in [2.45, 2.75) is 37.6 Å². The van der Waals surface area contributed by atoms with Crippen molar-refractivity contribution in [2.75, 3.05) is 19.6 Å². The zero-order chi connectivity index (χ0) is 18.8. The average Bonchev–Trinajstić information content (AvgIpc) is 2.64. The first-order chi connectivity index (χ1) is 12.5. The molecule has 1 fully saturated rings. The molecule has 0 aliphatic carbocycles. The van der Waals surface area contributed by atoms with Gasteiger partial charge in [-0.15, -0.1) is 0 Å². The Labute approximate surface area is 160 Å². The first-order valence-corrected chi connectivity index (χ1v) is 9.76.